The van der Waals surface area contributed by atoms with E-state index in [2.05, 4.69) is 13.0 Å². The molecule has 1 rings (SSSR count). The summed E-state index contributed by atoms with van der Waals surface area (Å²) >= 11 is 0. The second kappa shape index (κ2) is 3.77. The summed E-state index contributed by atoms with van der Waals surface area (Å²) in [7, 11) is 0. The van der Waals surface area contributed by atoms with E-state index in [9.17, 15) is 5.11 Å². The minimum atomic E-state index is -0.174. The van der Waals surface area contributed by atoms with Crippen LogP contribution in [0.1, 0.15) is 32.6 Å². The normalized spacial score (nSPS) is 35.0. The third-order valence-corrected chi connectivity index (χ3v) is 2.09. The fourth-order valence-corrected chi connectivity index (χ4v) is 1.36. The van der Waals surface area contributed by atoms with Gasteiger partial charge in [-0.05, 0) is 18.8 Å². The summed E-state index contributed by atoms with van der Waals surface area (Å²) in [4.78, 5) is 0. The Morgan fingerprint density at radius 2 is 2.20 bits per heavy atom. The molecule has 0 bridgehead atoms. The first kappa shape index (κ1) is 7.80. The highest BCUT2D eigenvalue weighted by Gasteiger charge is 2.06. The van der Waals surface area contributed by atoms with Crippen LogP contribution in [0.3, 0.4) is 0 Å². The molecule has 1 N–H and O–H groups in total. The molecule has 1 aliphatic carbocycles. The van der Waals surface area contributed by atoms with Crippen LogP contribution in [0.4, 0.5) is 0 Å². The minimum absolute atomic E-state index is 0.174. The topological polar surface area (TPSA) is 20.2 Å². The van der Waals surface area contributed by atoms with E-state index in [0.717, 1.165) is 18.8 Å². The molecule has 10 heavy (non-hydrogen) atoms. The monoisotopic (exact) mass is 140 g/mol. The van der Waals surface area contributed by atoms with E-state index in [0.29, 0.717) is 0 Å². The largest absolute Gasteiger partial charge is 0.389 e. The predicted molar refractivity (Wildman–Crippen MR) is 42.8 cm³/mol. The van der Waals surface area contributed by atoms with Crippen LogP contribution >= 0.6 is 0 Å². The van der Waals surface area contributed by atoms with E-state index in [1.54, 1.807) is 0 Å². The molecule has 0 aromatic carbocycles. The van der Waals surface area contributed by atoms with Gasteiger partial charge in [0.25, 0.3) is 0 Å². The third-order valence-electron chi connectivity index (χ3n) is 2.09. The Morgan fingerprint density at radius 1 is 1.40 bits per heavy atom. The first-order chi connectivity index (χ1) is 4.79. The van der Waals surface area contributed by atoms with Crippen molar-refractivity contribution in [3.63, 3.8) is 0 Å². The Balaban J connectivity index is 2.38. The Kier molecular flexibility index (Phi) is 2.94. The highest BCUT2D eigenvalue weighted by molar-refractivity contribution is 4.91. The van der Waals surface area contributed by atoms with E-state index < -0.39 is 0 Å². The summed E-state index contributed by atoms with van der Waals surface area (Å²) in [6.07, 6.45) is 8.38. The molecule has 2 atom stereocenters. The minimum Gasteiger partial charge on any atom is -0.389 e. The van der Waals surface area contributed by atoms with Gasteiger partial charge in [-0.3, -0.25) is 0 Å². The zero-order valence-electron chi connectivity index (χ0n) is 6.59. The number of rotatable bonds is 0. The van der Waals surface area contributed by atoms with Gasteiger partial charge in [0.15, 0.2) is 0 Å². The van der Waals surface area contributed by atoms with Gasteiger partial charge < -0.3 is 5.11 Å². The SMILES string of the molecule is CC1CC=CC(O)CCC1. The van der Waals surface area contributed by atoms with Crippen molar-refractivity contribution in [3.8, 4) is 0 Å². The molecule has 1 aliphatic rings. The summed E-state index contributed by atoms with van der Waals surface area (Å²) < 4.78 is 0. The van der Waals surface area contributed by atoms with E-state index in [-0.39, 0.29) is 6.10 Å². The average Bonchev–Trinajstić information content (AvgIpc) is 1.84. The molecular formula is C9H16O. The second-order valence-corrected chi connectivity index (χ2v) is 3.27. The molecule has 0 fully saturated rings. The molecule has 0 heterocycles. The summed E-state index contributed by atoms with van der Waals surface area (Å²) in [5.74, 6) is 0.809. The average molecular weight is 140 g/mol. The standard InChI is InChI=1S/C9H16O/c1-8-4-2-6-9(10)7-3-5-8/h2,6,8-10H,3-5,7H2,1H3. The van der Waals surface area contributed by atoms with Crippen LogP contribution in [0.2, 0.25) is 0 Å². The lowest BCUT2D eigenvalue weighted by Gasteiger charge is -2.13. The number of aliphatic hydroxyl groups excluding tert-OH is 1. The van der Waals surface area contributed by atoms with Gasteiger partial charge in [0.05, 0.1) is 6.10 Å². The zero-order chi connectivity index (χ0) is 7.40. The van der Waals surface area contributed by atoms with Crippen molar-refractivity contribution >= 4 is 0 Å². The van der Waals surface area contributed by atoms with Crippen LogP contribution in [0.25, 0.3) is 0 Å². The highest BCUT2D eigenvalue weighted by atomic mass is 16.3. The molecule has 58 valence electrons. The molecule has 0 spiro atoms. The van der Waals surface area contributed by atoms with Crippen molar-refractivity contribution in [2.24, 2.45) is 5.92 Å². The van der Waals surface area contributed by atoms with Gasteiger partial charge in [0.1, 0.15) is 0 Å². The highest BCUT2D eigenvalue weighted by Crippen LogP contribution is 2.16. The fourth-order valence-electron chi connectivity index (χ4n) is 1.36. The molecule has 0 radical (unpaired) electrons. The molecule has 0 saturated heterocycles. The molecular weight excluding hydrogens is 124 g/mol. The molecule has 0 amide bonds. The van der Waals surface area contributed by atoms with Gasteiger partial charge in [-0.15, -0.1) is 0 Å². The van der Waals surface area contributed by atoms with Gasteiger partial charge in [-0.25, -0.2) is 0 Å². The quantitative estimate of drug-likeness (QED) is 0.511. The smallest absolute Gasteiger partial charge is 0.0720 e. The van der Waals surface area contributed by atoms with Gasteiger partial charge in [-0.2, -0.15) is 0 Å². The van der Waals surface area contributed by atoms with Crippen LogP contribution in [0.15, 0.2) is 12.2 Å². The predicted octanol–water partition coefficient (Wildman–Crippen LogP) is 2.11. The van der Waals surface area contributed by atoms with Crippen LogP contribution in [0.5, 0.6) is 0 Å². The van der Waals surface area contributed by atoms with E-state index in [1.165, 1.54) is 12.8 Å². The van der Waals surface area contributed by atoms with Crippen molar-refractivity contribution in [2.45, 2.75) is 38.7 Å². The maximum atomic E-state index is 9.21. The van der Waals surface area contributed by atoms with Gasteiger partial charge in [0.2, 0.25) is 0 Å². The lowest BCUT2D eigenvalue weighted by Crippen LogP contribution is -2.06. The Bertz CT molecular complexity index is 118. The number of hydrogen-bond acceptors (Lipinski definition) is 1. The molecule has 0 saturated carbocycles. The summed E-state index contributed by atoms with van der Waals surface area (Å²) in [6, 6.07) is 0. The molecule has 1 heteroatoms. The summed E-state index contributed by atoms with van der Waals surface area (Å²) in [5.41, 5.74) is 0. The Labute approximate surface area is 62.8 Å². The maximum absolute atomic E-state index is 9.21. The fraction of sp³-hybridized carbons (Fsp3) is 0.778. The van der Waals surface area contributed by atoms with Crippen molar-refractivity contribution in [2.75, 3.05) is 0 Å². The van der Waals surface area contributed by atoms with Crippen LogP contribution in [-0.2, 0) is 0 Å². The van der Waals surface area contributed by atoms with Crippen LogP contribution < -0.4 is 0 Å². The molecule has 1 nitrogen and oxygen atoms in total. The van der Waals surface area contributed by atoms with Crippen LogP contribution in [-0.4, -0.2) is 11.2 Å². The number of aliphatic hydroxyl groups is 1. The summed E-state index contributed by atoms with van der Waals surface area (Å²) in [6.45, 7) is 2.27. The Morgan fingerprint density at radius 3 is 3.00 bits per heavy atom. The first-order valence-corrected chi connectivity index (χ1v) is 4.14. The van der Waals surface area contributed by atoms with Crippen molar-refractivity contribution in [3.05, 3.63) is 12.2 Å². The lowest BCUT2D eigenvalue weighted by atomic mass is 9.96. The second-order valence-electron chi connectivity index (χ2n) is 3.27. The zero-order valence-corrected chi connectivity index (χ0v) is 6.59. The number of hydrogen-bond donors (Lipinski definition) is 1. The summed E-state index contributed by atoms with van der Waals surface area (Å²) in [5, 5.41) is 9.21. The van der Waals surface area contributed by atoms with E-state index in [1.807, 2.05) is 6.08 Å². The van der Waals surface area contributed by atoms with Crippen LogP contribution in [0, 0.1) is 5.92 Å². The van der Waals surface area contributed by atoms with Crippen molar-refractivity contribution in [1.29, 1.82) is 0 Å². The number of allylic oxidation sites excluding steroid dienone is 1. The van der Waals surface area contributed by atoms with E-state index in [4.69, 9.17) is 0 Å². The lowest BCUT2D eigenvalue weighted by molar-refractivity contribution is 0.202. The molecule has 2 unspecified atom stereocenters. The molecule has 0 aliphatic heterocycles. The maximum Gasteiger partial charge on any atom is 0.0720 e. The van der Waals surface area contributed by atoms with Gasteiger partial charge >= 0.3 is 0 Å². The molecule has 0 aromatic heterocycles. The van der Waals surface area contributed by atoms with Crippen molar-refractivity contribution < 1.29 is 5.11 Å². The van der Waals surface area contributed by atoms with E-state index >= 15 is 0 Å². The first-order valence-electron chi connectivity index (χ1n) is 4.14. The third kappa shape index (κ3) is 2.53. The van der Waals surface area contributed by atoms with Gasteiger partial charge in [0, 0.05) is 0 Å². The molecule has 0 aromatic rings. The van der Waals surface area contributed by atoms with Crippen molar-refractivity contribution in [1.82, 2.24) is 0 Å². The Hall–Kier alpha value is -0.300. The van der Waals surface area contributed by atoms with Gasteiger partial charge in [-0.1, -0.05) is 31.9 Å².